The van der Waals surface area contributed by atoms with Crippen LogP contribution in [0.15, 0.2) is 0 Å². The van der Waals surface area contributed by atoms with Crippen LogP contribution in [0.5, 0.6) is 0 Å². The topological polar surface area (TPSA) is 15.4 Å². The summed E-state index contributed by atoms with van der Waals surface area (Å²) < 4.78 is 426. The normalized spacial score (nSPS) is 18.9. The van der Waals surface area contributed by atoms with E-state index in [-0.39, 0.29) is 0 Å². The molecule has 0 radical (unpaired) electrons. The molecule has 4 nitrogen and oxygen atoms in total. The third-order valence-corrected chi connectivity index (χ3v) is 20.8. The van der Waals surface area contributed by atoms with Crippen molar-refractivity contribution in [3.8, 4) is 0 Å². The molecule has 64 heavy (non-hydrogen) atoms. The molecule has 0 spiro atoms. The van der Waals surface area contributed by atoms with E-state index in [1.807, 2.05) is 0 Å². The van der Waals surface area contributed by atoms with Gasteiger partial charge < -0.3 is 9.80 Å². The maximum atomic E-state index is 13.8. The summed E-state index contributed by atoms with van der Waals surface area (Å²) in [6.45, 7) is 0. The van der Waals surface area contributed by atoms with E-state index >= 15 is 0 Å². The third kappa shape index (κ3) is 8.23. The molecule has 0 aromatic rings. The molecule has 0 aliphatic heterocycles. The summed E-state index contributed by atoms with van der Waals surface area (Å²) in [4.78, 5) is 7.53. The van der Waals surface area contributed by atoms with Crippen LogP contribution >= 0.6 is 34.3 Å². The van der Waals surface area contributed by atoms with Crippen LogP contribution in [0, 0.1) is 0 Å². The van der Waals surface area contributed by atoms with Gasteiger partial charge >= 0.3 is 254 Å². The molecular formula is C22H28Cl2F34N4P2. The van der Waals surface area contributed by atoms with E-state index in [2.05, 4.69) is 88.7 Å². The van der Waals surface area contributed by atoms with E-state index in [0.29, 0.717) is 12.3 Å². The zero-order valence-electron chi connectivity index (χ0n) is 31.6. The van der Waals surface area contributed by atoms with E-state index in [0.717, 1.165) is 0 Å². The molecule has 0 amide bonds. The van der Waals surface area contributed by atoms with E-state index in [9.17, 15) is 149 Å². The van der Waals surface area contributed by atoms with Gasteiger partial charge in [-0.3, -0.25) is 9.80 Å². The zero-order valence-corrected chi connectivity index (χ0v) is 34.9. The fraction of sp³-hybridized carbons (Fsp3) is 1.00. The van der Waals surface area contributed by atoms with Gasteiger partial charge in [-0.25, -0.2) is 0 Å². The van der Waals surface area contributed by atoms with Crippen LogP contribution in [0.4, 0.5) is 149 Å². The van der Waals surface area contributed by atoms with Crippen molar-refractivity contribution in [2.75, 3.05) is 56.4 Å². The van der Waals surface area contributed by atoms with Crippen molar-refractivity contribution < 1.29 is 158 Å². The summed E-state index contributed by atoms with van der Waals surface area (Å²) in [5, 5.41) is 0. The Morgan fingerprint density at radius 1 is 0.297 bits per heavy atom. The van der Waals surface area contributed by atoms with E-state index in [1.54, 1.807) is 0 Å². The van der Waals surface area contributed by atoms with Crippen LogP contribution in [0.1, 0.15) is 0 Å². The van der Waals surface area contributed by atoms with Gasteiger partial charge in [0, 0.05) is 0 Å². The first-order chi connectivity index (χ1) is 26.5. The molecule has 0 bridgehead atoms. The van der Waals surface area contributed by atoms with Crippen molar-refractivity contribution >= 4 is 34.3 Å². The van der Waals surface area contributed by atoms with Crippen LogP contribution in [-0.2, 0) is 0 Å². The SMILES string of the molecule is CN(C)C(C(N(C)C)[NH+](C)C)[NH+](C)C.FC(F)(F)C(F)(F)[P-](F)(F)(Cl)(C(F)(F)C(F)(F)F)C(F)(F)C(F)(F)F.FC(F)(F)C(F)(F)[P-](F)(F)(Cl)(C(F)(F)C(F)(F)F)C(F)(F)C(F)(F)F. The summed E-state index contributed by atoms with van der Waals surface area (Å²) in [5.41, 5.74) is -55.9. The Morgan fingerprint density at radius 2 is 0.391 bits per heavy atom. The Kier molecular flexibility index (Phi) is 17.0. The summed E-state index contributed by atoms with van der Waals surface area (Å²) in [5.74, 6) is -28.1. The Hall–Kier alpha value is -1.10. The number of quaternary nitrogens is 2. The average molecular weight is 1130 g/mol. The first kappa shape index (κ1) is 67.2. The molecule has 2 N–H and O–H groups in total. The van der Waals surface area contributed by atoms with Crippen molar-refractivity contribution in [1.82, 2.24) is 9.80 Å². The number of nitrogens with zero attached hydrogens (tertiary/aromatic N) is 2. The number of hydrogen-bond donors (Lipinski definition) is 2. The molecule has 0 saturated carbocycles. The van der Waals surface area contributed by atoms with E-state index in [1.165, 1.54) is 9.80 Å². The monoisotopic (exact) mass is 1130 g/mol. The molecule has 0 aromatic carbocycles. The maximum absolute atomic E-state index is 14.0. The van der Waals surface area contributed by atoms with Crippen molar-refractivity contribution in [1.29, 1.82) is 0 Å². The summed E-state index contributed by atoms with van der Waals surface area (Å²) in [6.07, 6.45) is -49.7. The molecule has 0 fully saturated rings. The zero-order chi connectivity index (χ0) is 54.3. The first-order valence-electron chi connectivity index (χ1n) is 14.7. The number of nitrogens with one attached hydrogen (secondary N) is 2. The van der Waals surface area contributed by atoms with Crippen LogP contribution in [0.2, 0.25) is 0 Å². The van der Waals surface area contributed by atoms with Gasteiger partial charge in [0.2, 0.25) is 12.3 Å². The molecule has 0 heterocycles. The fourth-order valence-corrected chi connectivity index (χ4v) is 12.0. The van der Waals surface area contributed by atoms with Gasteiger partial charge in [-0.15, -0.1) is 0 Å². The van der Waals surface area contributed by atoms with E-state index in [4.69, 9.17) is 0 Å². The first-order valence-corrected chi connectivity index (χ1v) is 21.5. The quantitative estimate of drug-likeness (QED) is 0.122. The van der Waals surface area contributed by atoms with Gasteiger partial charge in [0.15, 0.2) is 0 Å². The van der Waals surface area contributed by atoms with Gasteiger partial charge in [0.25, 0.3) is 0 Å². The second-order valence-electron chi connectivity index (χ2n) is 13.8. The Balaban J connectivity index is -0.000000909. The van der Waals surface area contributed by atoms with E-state index < -0.39 is 82.9 Å². The van der Waals surface area contributed by atoms with Crippen LogP contribution < -0.4 is 9.80 Å². The van der Waals surface area contributed by atoms with Crippen molar-refractivity contribution in [2.24, 2.45) is 0 Å². The van der Waals surface area contributed by atoms with Crippen molar-refractivity contribution in [2.45, 2.75) is 83.4 Å². The minimum atomic E-state index is -14.0. The van der Waals surface area contributed by atoms with Gasteiger partial charge in [-0.1, -0.05) is 0 Å². The third-order valence-electron chi connectivity index (χ3n) is 8.24. The number of rotatable bonds is 11. The van der Waals surface area contributed by atoms with Gasteiger partial charge in [0.1, 0.15) is 0 Å². The van der Waals surface area contributed by atoms with Crippen molar-refractivity contribution in [3.63, 3.8) is 0 Å². The number of hydrogen-bond acceptors (Lipinski definition) is 2. The number of likely N-dealkylation sites (N-methyl/N-ethyl adjacent to an activating group) is 4. The number of alkyl halides is 30. The van der Waals surface area contributed by atoms with Crippen molar-refractivity contribution in [3.05, 3.63) is 0 Å². The average Bonchev–Trinajstić information content (AvgIpc) is 2.95. The summed E-state index contributed by atoms with van der Waals surface area (Å²) >= 11 is 5.54. The standard InChI is InChI=1S/C10H26N4.2C6ClF17P/c1-11(2)9(12(3)4)10(13(5)6)14(7)8;2*7-25(23,24,4(17,18)1(8,9)10,5(19,20)2(11,12)13)6(21,22)3(14,15)16/h9-10H,1-8H3;;/q;2*-1/p+2. The summed E-state index contributed by atoms with van der Waals surface area (Å²) in [7, 11) is 17.4. The molecule has 0 aliphatic carbocycles. The van der Waals surface area contributed by atoms with Gasteiger partial charge in [-0.2, -0.15) is 0 Å². The Morgan fingerprint density at radius 3 is 0.438 bits per heavy atom. The van der Waals surface area contributed by atoms with Gasteiger partial charge in [0.05, 0.1) is 28.2 Å². The molecule has 2 atom stereocenters. The Labute approximate surface area is 342 Å². The fourth-order valence-electron chi connectivity index (χ4n) is 4.91. The summed E-state index contributed by atoms with van der Waals surface area (Å²) in [6, 6.07) is 0. The molecule has 0 rings (SSSR count). The second kappa shape index (κ2) is 16.2. The predicted octanol–water partition coefficient (Wildman–Crippen LogP) is 12.0. The molecular weight excluding hydrogens is 1100 g/mol. The van der Waals surface area contributed by atoms with Crippen LogP contribution in [0.25, 0.3) is 0 Å². The molecule has 398 valence electrons. The molecule has 2 unspecified atom stereocenters. The molecule has 0 aliphatic rings. The van der Waals surface area contributed by atoms with Crippen LogP contribution in [-0.4, -0.2) is 150 Å². The second-order valence-corrected chi connectivity index (χ2v) is 26.9. The molecule has 0 saturated heterocycles. The molecule has 42 heteroatoms. The Bertz CT molecular complexity index is 1340. The van der Waals surface area contributed by atoms with Gasteiger partial charge in [-0.05, 0) is 28.2 Å². The van der Waals surface area contributed by atoms with Crippen LogP contribution in [0.3, 0.4) is 0 Å². The predicted molar refractivity (Wildman–Crippen MR) is 157 cm³/mol. The number of halogens is 36. The minimum absolute atomic E-state index is 0.509. The molecule has 0 aromatic heterocycles.